The van der Waals surface area contributed by atoms with E-state index in [-0.39, 0.29) is 0 Å². The van der Waals surface area contributed by atoms with E-state index in [9.17, 15) is 5.11 Å². The van der Waals surface area contributed by atoms with Crippen LogP contribution < -0.4 is 0 Å². The van der Waals surface area contributed by atoms with Crippen LogP contribution in [0.4, 0.5) is 0 Å². The largest absolute Gasteiger partial charge is 0.385 e. The van der Waals surface area contributed by atoms with Gasteiger partial charge in [-0.25, -0.2) is 0 Å². The van der Waals surface area contributed by atoms with Gasteiger partial charge in [-0.1, -0.05) is 30.3 Å². The Bertz CT molecular complexity index is 354. The van der Waals surface area contributed by atoms with E-state index in [1.807, 2.05) is 25.1 Å². The zero-order valence-corrected chi connectivity index (χ0v) is 9.76. The monoisotopic (exact) mass is 220 g/mol. The number of rotatable bonds is 1. The van der Waals surface area contributed by atoms with Gasteiger partial charge < -0.3 is 5.11 Å². The normalized spacial score (nSPS) is 29.3. The smallest absolute Gasteiger partial charge is 0.0926 e. The molecule has 1 saturated heterocycles. The number of thioether (sulfide) groups is 1. The van der Waals surface area contributed by atoms with Gasteiger partial charge in [0.2, 0.25) is 0 Å². The van der Waals surface area contributed by atoms with Crippen molar-refractivity contribution in [2.24, 2.45) is 0 Å². The number of benzene rings is 1. The fourth-order valence-electron chi connectivity index (χ4n) is 1.77. The summed E-state index contributed by atoms with van der Waals surface area (Å²) in [4.78, 5) is 1.10. The van der Waals surface area contributed by atoms with Gasteiger partial charge in [0.05, 0.1) is 5.60 Å². The predicted octanol–water partition coefficient (Wildman–Crippen LogP) is 3.31. The van der Waals surface area contributed by atoms with Crippen molar-refractivity contribution in [2.75, 3.05) is 5.75 Å². The second-order valence-corrected chi connectivity index (χ2v) is 5.28. The summed E-state index contributed by atoms with van der Waals surface area (Å²) in [5.41, 5.74) is 0.542. The van der Waals surface area contributed by atoms with Crippen LogP contribution in [0.2, 0.25) is 0 Å². The molecule has 1 heterocycles. The number of hydrogen-bond donors (Lipinski definition) is 1. The molecule has 0 aliphatic carbocycles. The Hall–Kier alpha value is -0.730. The molecule has 0 bridgehead atoms. The van der Waals surface area contributed by atoms with E-state index in [0.29, 0.717) is 0 Å². The van der Waals surface area contributed by atoms with Crippen LogP contribution in [0, 0.1) is 0 Å². The summed E-state index contributed by atoms with van der Waals surface area (Å²) in [6.07, 6.45) is 4.08. The molecule has 0 spiro atoms. The van der Waals surface area contributed by atoms with Crippen molar-refractivity contribution in [1.82, 2.24) is 0 Å². The van der Waals surface area contributed by atoms with Crippen molar-refractivity contribution in [1.29, 1.82) is 0 Å². The maximum atomic E-state index is 10.2. The molecule has 1 N–H and O–H groups in total. The first-order chi connectivity index (χ1) is 7.18. The highest BCUT2D eigenvalue weighted by atomic mass is 32.2. The van der Waals surface area contributed by atoms with Crippen molar-refractivity contribution in [2.45, 2.75) is 25.4 Å². The minimum absolute atomic E-state index is 0.626. The summed E-state index contributed by atoms with van der Waals surface area (Å²) >= 11 is 1.78. The summed E-state index contributed by atoms with van der Waals surface area (Å²) in [5, 5.41) is 10.2. The molecule has 2 heteroatoms. The molecule has 2 rings (SSSR count). The molecule has 80 valence electrons. The van der Waals surface area contributed by atoms with E-state index in [4.69, 9.17) is 0 Å². The molecule has 1 aromatic carbocycles. The molecule has 1 aliphatic rings. The lowest BCUT2D eigenvalue weighted by atomic mass is 9.98. The summed E-state index contributed by atoms with van der Waals surface area (Å²) in [5.74, 6) is 1.12. The summed E-state index contributed by atoms with van der Waals surface area (Å²) in [6, 6.07) is 10.2. The summed E-state index contributed by atoms with van der Waals surface area (Å²) < 4.78 is 0. The van der Waals surface area contributed by atoms with Crippen LogP contribution in [0.5, 0.6) is 0 Å². The molecule has 0 amide bonds. The van der Waals surface area contributed by atoms with Crippen LogP contribution in [0.15, 0.2) is 35.2 Å². The number of aliphatic hydroxyl groups is 1. The molecule has 0 saturated carbocycles. The Morgan fingerprint density at radius 1 is 1.33 bits per heavy atom. The quantitative estimate of drug-likeness (QED) is 0.783. The summed E-state index contributed by atoms with van der Waals surface area (Å²) in [7, 11) is 0. The van der Waals surface area contributed by atoms with Crippen molar-refractivity contribution in [3.63, 3.8) is 0 Å². The van der Waals surface area contributed by atoms with Gasteiger partial charge in [-0.05, 0) is 37.2 Å². The fraction of sp³-hybridized carbons (Fsp3) is 0.385. The molecule has 1 atom stereocenters. The van der Waals surface area contributed by atoms with Gasteiger partial charge in [0.15, 0.2) is 0 Å². The Morgan fingerprint density at radius 3 is 2.73 bits per heavy atom. The standard InChI is InChI=1S/C13H16OS/c1-13(14)8-5-9-15-12(13)10-11-6-3-2-4-7-11/h2-4,6-7,10,14H,5,8-9H2,1H3/b12-10-. The molecule has 1 fully saturated rings. The van der Waals surface area contributed by atoms with Gasteiger partial charge in [0, 0.05) is 4.91 Å². The van der Waals surface area contributed by atoms with E-state index in [0.717, 1.165) is 23.5 Å². The van der Waals surface area contributed by atoms with E-state index in [1.54, 1.807) is 11.8 Å². The highest BCUT2D eigenvalue weighted by molar-refractivity contribution is 8.03. The van der Waals surface area contributed by atoms with Crippen LogP contribution in [-0.4, -0.2) is 16.5 Å². The highest BCUT2D eigenvalue weighted by Gasteiger charge is 2.29. The third kappa shape index (κ3) is 2.64. The second-order valence-electron chi connectivity index (χ2n) is 4.15. The minimum atomic E-state index is -0.626. The zero-order valence-electron chi connectivity index (χ0n) is 8.94. The molecule has 1 unspecified atom stereocenters. The van der Waals surface area contributed by atoms with Gasteiger partial charge in [-0.2, -0.15) is 0 Å². The fourth-order valence-corrected chi connectivity index (χ4v) is 2.92. The summed E-state index contributed by atoms with van der Waals surface area (Å²) in [6.45, 7) is 1.91. The Balaban J connectivity index is 2.25. The lowest BCUT2D eigenvalue weighted by molar-refractivity contribution is 0.0958. The van der Waals surface area contributed by atoms with Gasteiger partial charge in [-0.3, -0.25) is 0 Å². The molecule has 0 radical (unpaired) electrons. The Labute approximate surface area is 95.2 Å². The van der Waals surface area contributed by atoms with Crippen LogP contribution in [0.1, 0.15) is 25.3 Å². The van der Waals surface area contributed by atoms with Crippen LogP contribution >= 0.6 is 11.8 Å². The first-order valence-electron chi connectivity index (χ1n) is 5.31. The molecule has 1 aromatic rings. The predicted molar refractivity (Wildman–Crippen MR) is 66.7 cm³/mol. The lowest BCUT2D eigenvalue weighted by Crippen LogP contribution is -2.28. The second kappa shape index (κ2) is 4.42. The van der Waals surface area contributed by atoms with E-state index in [2.05, 4.69) is 18.2 Å². The maximum absolute atomic E-state index is 10.2. The maximum Gasteiger partial charge on any atom is 0.0926 e. The third-order valence-corrected chi connectivity index (χ3v) is 4.06. The first kappa shape index (κ1) is 10.8. The Morgan fingerprint density at radius 2 is 2.07 bits per heavy atom. The highest BCUT2D eigenvalue weighted by Crippen LogP contribution is 2.38. The topological polar surface area (TPSA) is 20.2 Å². The molecule has 15 heavy (non-hydrogen) atoms. The van der Waals surface area contributed by atoms with Crippen molar-refractivity contribution >= 4 is 17.8 Å². The van der Waals surface area contributed by atoms with E-state index >= 15 is 0 Å². The average Bonchev–Trinajstić information content (AvgIpc) is 2.23. The first-order valence-corrected chi connectivity index (χ1v) is 6.29. The molecular formula is C13H16OS. The van der Waals surface area contributed by atoms with Crippen LogP contribution in [-0.2, 0) is 0 Å². The zero-order chi connectivity index (χ0) is 10.7. The van der Waals surface area contributed by atoms with Gasteiger partial charge in [0.1, 0.15) is 0 Å². The van der Waals surface area contributed by atoms with Gasteiger partial charge in [0.25, 0.3) is 0 Å². The van der Waals surface area contributed by atoms with Crippen LogP contribution in [0.3, 0.4) is 0 Å². The Kier molecular flexibility index (Phi) is 3.17. The molecular weight excluding hydrogens is 204 g/mol. The molecule has 1 aliphatic heterocycles. The average molecular weight is 220 g/mol. The SMILES string of the molecule is CC1(O)CCCS/C1=C\c1ccccc1. The van der Waals surface area contributed by atoms with E-state index < -0.39 is 5.60 Å². The minimum Gasteiger partial charge on any atom is -0.385 e. The molecule has 0 aromatic heterocycles. The van der Waals surface area contributed by atoms with Crippen molar-refractivity contribution in [3.05, 3.63) is 40.8 Å². The van der Waals surface area contributed by atoms with Crippen molar-refractivity contribution in [3.8, 4) is 0 Å². The molecule has 1 nitrogen and oxygen atoms in total. The number of hydrogen-bond acceptors (Lipinski definition) is 2. The lowest BCUT2D eigenvalue weighted by Gasteiger charge is -2.30. The van der Waals surface area contributed by atoms with E-state index in [1.165, 1.54) is 5.56 Å². The van der Waals surface area contributed by atoms with Gasteiger partial charge in [-0.15, -0.1) is 11.8 Å². The van der Waals surface area contributed by atoms with Crippen molar-refractivity contribution < 1.29 is 5.11 Å². The third-order valence-electron chi connectivity index (χ3n) is 2.69. The van der Waals surface area contributed by atoms with Gasteiger partial charge >= 0.3 is 0 Å². The van der Waals surface area contributed by atoms with Crippen LogP contribution in [0.25, 0.3) is 6.08 Å².